The molecule has 0 N–H and O–H groups in total. The Labute approximate surface area is 154 Å². The van der Waals surface area contributed by atoms with Crippen LogP contribution in [0.4, 0.5) is 10.1 Å². The van der Waals surface area contributed by atoms with Gasteiger partial charge in [0.2, 0.25) is 4.96 Å². The zero-order valence-electron chi connectivity index (χ0n) is 14.4. The van der Waals surface area contributed by atoms with Crippen LogP contribution in [0.2, 0.25) is 0 Å². The third-order valence-electron chi connectivity index (χ3n) is 4.44. The Morgan fingerprint density at radius 3 is 2.38 bits per heavy atom. The summed E-state index contributed by atoms with van der Waals surface area (Å²) in [5, 5.41) is 5.20. The fourth-order valence-electron chi connectivity index (χ4n) is 3.18. The van der Waals surface area contributed by atoms with E-state index in [-0.39, 0.29) is 10.8 Å². The monoisotopic (exact) mass is 395 g/mol. The summed E-state index contributed by atoms with van der Waals surface area (Å²) in [6.07, 6.45) is 0. The first kappa shape index (κ1) is 17.4. The Balaban J connectivity index is 1.58. The topological polar surface area (TPSA) is 70.8 Å². The molecule has 1 saturated heterocycles. The number of hydrogen-bond donors (Lipinski definition) is 0. The van der Waals surface area contributed by atoms with Gasteiger partial charge in [-0.25, -0.2) is 17.8 Å². The number of halogens is 1. The van der Waals surface area contributed by atoms with Crippen LogP contribution in [-0.4, -0.2) is 53.5 Å². The first-order valence-corrected chi connectivity index (χ1v) is 10.5. The second-order valence-electron chi connectivity index (χ2n) is 6.19. The van der Waals surface area contributed by atoms with E-state index in [1.807, 2.05) is 6.92 Å². The largest absolute Gasteiger partial charge is 0.369 e. The highest BCUT2D eigenvalue weighted by Crippen LogP contribution is 2.26. The van der Waals surface area contributed by atoms with E-state index < -0.39 is 10.0 Å². The molecular weight excluding hydrogens is 377 g/mol. The third-order valence-corrected chi connectivity index (χ3v) is 7.27. The maximum Gasteiger partial charge on any atom is 0.262 e. The predicted molar refractivity (Wildman–Crippen MR) is 97.7 cm³/mol. The van der Waals surface area contributed by atoms with Crippen LogP contribution < -0.4 is 4.90 Å². The predicted octanol–water partition coefficient (Wildman–Crippen LogP) is 2.06. The SMILES string of the molecule is Cc1nn2c(S(=O)(=O)N3CCN(c4ccc(F)cc4)CC3)c(C)nc2s1. The lowest BCUT2D eigenvalue weighted by Crippen LogP contribution is -2.49. The van der Waals surface area contributed by atoms with Gasteiger partial charge < -0.3 is 4.90 Å². The fraction of sp³-hybridized carbons (Fsp3) is 0.375. The fourth-order valence-corrected chi connectivity index (χ4v) is 5.68. The molecule has 0 saturated carbocycles. The highest BCUT2D eigenvalue weighted by Gasteiger charge is 2.33. The number of imidazole rings is 1. The molecule has 10 heteroatoms. The van der Waals surface area contributed by atoms with Gasteiger partial charge >= 0.3 is 0 Å². The Bertz CT molecular complexity index is 1050. The van der Waals surface area contributed by atoms with E-state index in [1.165, 1.54) is 32.3 Å². The molecule has 7 nitrogen and oxygen atoms in total. The van der Waals surface area contributed by atoms with Gasteiger partial charge in [0, 0.05) is 31.9 Å². The molecule has 1 aliphatic rings. The maximum atomic E-state index is 13.1. The van der Waals surface area contributed by atoms with E-state index >= 15 is 0 Å². The van der Waals surface area contributed by atoms with E-state index in [2.05, 4.69) is 15.0 Å². The number of anilines is 1. The van der Waals surface area contributed by atoms with E-state index in [9.17, 15) is 12.8 Å². The van der Waals surface area contributed by atoms with Crippen LogP contribution in [0.15, 0.2) is 29.3 Å². The molecule has 0 radical (unpaired) electrons. The molecular formula is C16H18FN5O2S2. The summed E-state index contributed by atoms with van der Waals surface area (Å²) in [7, 11) is -3.68. The number of sulfonamides is 1. The minimum absolute atomic E-state index is 0.145. The molecule has 1 aromatic carbocycles. The van der Waals surface area contributed by atoms with Gasteiger partial charge in [-0.3, -0.25) is 0 Å². The minimum Gasteiger partial charge on any atom is -0.369 e. The smallest absolute Gasteiger partial charge is 0.262 e. The molecule has 2 aromatic heterocycles. The second-order valence-corrected chi connectivity index (χ2v) is 9.20. The lowest BCUT2D eigenvalue weighted by Gasteiger charge is -2.35. The molecule has 0 spiro atoms. The molecule has 26 heavy (non-hydrogen) atoms. The standard InChI is InChI=1S/C16H18FN5O2S2/c1-11-15(22-16(18-11)25-12(2)19-22)26(23,24)21-9-7-20(8-10-21)14-5-3-13(17)4-6-14/h3-6H,7-10H2,1-2H3. The highest BCUT2D eigenvalue weighted by atomic mass is 32.2. The van der Waals surface area contributed by atoms with Gasteiger partial charge in [-0.05, 0) is 38.1 Å². The summed E-state index contributed by atoms with van der Waals surface area (Å²) >= 11 is 1.37. The maximum absolute atomic E-state index is 13.1. The number of nitrogens with zero attached hydrogens (tertiary/aromatic N) is 5. The van der Waals surface area contributed by atoms with Gasteiger partial charge in [0.15, 0.2) is 5.03 Å². The van der Waals surface area contributed by atoms with Crippen molar-refractivity contribution in [3.8, 4) is 0 Å². The van der Waals surface area contributed by atoms with Gasteiger partial charge in [-0.1, -0.05) is 11.3 Å². The summed E-state index contributed by atoms with van der Waals surface area (Å²) in [5.41, 5.74) is 1.35. The Hall–Kier alpha value is -2.04. The van der Waals surface area contributed by atoms with E-state index in [0.717, 1.165) is 10.7 Å². The van der Waals surface area contributed by atoms with Crippen molar-refractivity contribution >= 4 is 32.0 Å². The van der Waals surface area contributed by atoms with Gasteiger partial charge in [0.25, 0.3) is 10.0 Å². The van der Waals surface area contributed by atoms with E-state index in [0.29, 0.717) is 36.8 Å². The molecule has 0 atom stereocenters. The summed E-state index contributed by atoms with van der Waals surface area (Å²) in [5.74, 6) is -0.284. The van der Waals surface area contributed by atoms with Gasteiger partial charge in [-0.2, -0.15) is 13.9 Å². The molecule has 3 heterocycles. The molecule has 0 bridgehead atoms. The van der Waals surface area contributed by atoms with Gasteiger partial charge in [0.1, 0.15) is 10.8 Å². The lowest BCUT2D eigenvalue weighted by atomic mass is 10.2. The number of fused-ring (bicyclic) bond motifs is 1. The van der Waals surface area contributed by atoms with Crippen LogP contribution >= 0.6 is 11.3 Å². The Kier molecular flexibility index (Phi) is 4.20. The molecule has 0 unspecified atom stereocenters. The molecule has 138 valence electrons. The van der Waals surface area contributed by atoms with Crippen molar-refractivity contribution < 1.29 is 12.8 Å². The molecule has 3 aromatic rings. The van der Waals surface area contributed by atoms with Crippen LogP contribution in [0.1, 0.15) is 10.7 Å². The summed E-state index contributed by atoms with van der Waals surface area (Å²) in [6, 6.07) is 6.25. The number of benzene rings is 1. The van der Waals surface area contributed by atoms with Crippen LogP contribution in [-0.2, 0) is 10.0 Å². The van der Waals surface area contributed by atoms with Gasteiger partial charge in [-0.15, -0.1) is 0 Å². The number of aromatic nitrogens is 3. The zero-order valence-corrected chi connectivity index (χ0v) is 16.0. The zero-order chi connectivity index (χ0) is 18.5. The molecule has 1 aliphatic heterocycles. The second kappa shape index (κ2) is 6.29. The van der Waals surface area contributed by atoms with Crippen molar-refractivity contribution in [2.45, 2.75) is 18.9 Å². The average Bonchev–Trinajstić information content (AvgIpc) is 3.09. The van der Waals surface area contributed by atoms with Crippen molar-refractivity contribution in [2.24, 2.45) is 0 Å². The molecule has 0 amide bonds. The van der Waals surface area contributed by atoms with Crippen molar-refractivity contribution in [1.29, 1.82) is 0 Å². The molecule has 4 rings (SSSR count). The number of aryl methyl sites for hydroxylation is 2. The van der Waals surface area contributed by atoms with E-state index in [1.54, 1.807) is 19.1 Å². The van der Waals surface area contributed by atoms with Crippen LogP contribution in [0.5, 0.6) is 0 Å². The summed E-state index contributed by atoms with van der Waals surface area (Å²) in [6.45, 7) is 5.32. The quantitative estimate of drug-likeness (QED) is 0.679. The van der Waals surface area contributed by atoms with E-state index in [4.69, 9.17) is 0 Å². The van der Waals surface area contributed by atoms with Crippen molar-refractivity contribution in [3.63, 3.8) is 0 Å². The van der Waals surface area contributed by atoms with Gasteiger partial charge in [0.05, 0.1) is 5.69 Å². The number of piperazine rings is 1. The number of rotatable bonds is 3. The first-order chi connectivity index (χ1) is 12.4. The molecule has 1 fully saturated rings. The molecule has 0 aliphatic carbocycles. The lowest BCUT2D eigenvalue weighted by molar-refractivity contribution is 0.382. The minimum atomic E-state index is -3.68. The first-order valence-electron chi connectivity index (χ1n) is 8.20. The van der Waals surface area contributed by atoms with Crippen molar-refractivity contribution in [3.05, 3.63) is 40.8 Å². The summed E-state index contributed by atoms with van der Waals surface area (Å²) < 4.78 is 42.3. The highest BCUT2D eigenvalue weighted by molar-refractivity contribution is 7.89. The van der Waals surface area contributed by atoms with Crippen LogP contribution in [0.25, 0.3) is 4.96 Å². The van der Waals surface area contributed by atoms with Crippen molar-refractivity contribution in [2.75, 3.05) is 31.1 Å². The number of hydrogen-bond acceptors (Lipinski definition) is 6. The van der Waals surface area contributed by atoms with Crippen molar-refractivity contribution in [1.82, 2.24) is 18.9 Å². The summed E-state index contributed by atoms with van der Waals surface area (Å²) in [4.78, 5) is 6.97. The average molecular weight is 395 g/mol. The Morgan fingerprint density at radius 2 is 1.73 bits per heavy atom. The van der Waals surface area contributed by atoms with Crippen LogP contribution in [0, 0.1) is 19.7 Å². The Morgan fingerprint density at radius 1 is 1.08 bits per heavy atom. The third kappa shape index (κ3) is 2.87. The normalized spacial score (nSPS) is 16.5. The van der Waals surface area contributed by atoms with Crippen LogP contribution in [0.3, 0.4) is 0 Å².